The summed E-state index contributed by atoms with van der Waals surface area (Å²) in [6, 6.07) is 0. The van der Waals surface area contributed by atoms with Crippen molar-refractivity contribution in [3.05, 3.63) is 0 Å². The smallest absolute Gasteiger partial charge is 0.0922 e. The van der Waals surface area contributed by atoms with Crippen LogP contribution in [0.2, 0.25) is 0 Å². The predicted octanol–water partition coefficient (Wildman–Crippen LogP) is 10.5. The van der Waals surface area contributed by atoms with E-state index in [2.05, 4.69) is 77.8 Å². The van der Waals surface area contributed by atoms with E-state index in [1.54, 1.807) is 7.11 Å². The molecule has 4 nitrogen and oxygen atoms in total. The van der Waals surface area contributed by atoms with Crippen molar-refractivity contribution >= 4 is 0 Å². The summed E-state index contributed by atoms with van der Waals surface area (Å²) in [5.41, 5.74) is 0. The van der Waals surface area contributed by atoms with Gasteiger partial charge in [0.05, 0.1) is 20.0 Å². The Morgan fingerprint density at radius 2 is 1.24 bits per heavy atom. The van der Waals surface area contributed by atoms with Gasteiger partial charge in [-0.25, -0.2) is 0 Å². The predicted molar refractivity (Wildman–Crippen MR) is 184 cm³/mol. The van der Waals surface area contributed by atoms with E-state index in [0.717, 1.165) is 32.5 Å². The van der Waals surface area contributed by atoms with Crippen LogP contribution in [0.1, 0.15) is 131 Å². The molecule has 250 valence electrons. The molecule has 0 spiro atoms. The van der Waals surface area contributed by atoms with E-state index in [1.165, 1.54) is 38.6 Å². The molecule has 1 aliphatic carbocycles. The Morgan fingerprint density at radius 3 is 1.26 bits per heavy atom. The number of hydrogen-bond donors (Lipinski definition) is 1. The molecule has 6 heteroatoms. The van der Waals surface area contributed by atoms with Gasteiger partial charge in [-0.15, -0.1) is 0 Å². The number of halogens is 2. The van der Waals surface area contributed by atoms with Crippen LogP contribution in [0.5, 0.6) is 0 Å². The largest absolute Gasteiger partial charge is 0.382 e. The molecule has 1 rings (SSSR count). The highest BCUT2D eigenvalue weighted by Crippen LogP contribution is 2.25. The normalized spacial score (nSPS) is 10.7. The second-order valence-corrected chi connectivity index (χ2v) is 8.18. The van der Waals surface area contributed by atoms with Crippen LogP contribution in [-0.4, -0.2) is 91.2 Å². The second kappa shape index (κ2) is 70.8. The molecule has 0 bridgehead atoms. The molecule has 0 amide bonds. The number of hydrogen-bond acceptors (Lipinski definition) is 4. The van der Waals surface area contributed by atoms with Crippen LogP contribution >= 0.6 is 0 Å². The summed E-state index contributed by atoms with van der Waals surface area (Å²) >= 11 is 0. The lowest BCUT2D eigenvalue weighted by Gasteiger charge is -2.20. The first-order chi connectivity index (χ1) is 15.2. The summed E-state index contributed by atoms with van der Waals surface area (Å²) in [5.74, 6) is 0.449. The van der Waals surface area contributed by atoms with Crippen LogP contribution in [0.3, 0.4) is 0 Å². The third-order valence-corrected chi connectivity index (χ3v) is 4.79. The van der Waals surface area contributed by atoms with Gasteiger partial charge in [0.1, 0.15) is 0 Å². The van der Waals surface area contributed by atoms with E-state index >= 15 is 0 Å². The van der Waals surface area contributed by atoms with Crippen LogP contribution in [-0.2, 0) is 4.74 Å². The van der Waals surface area contributed by atoms with Gasteiger partial charge in [0, 0.05) is 7.11 Å². The van der Waals surface area contributed by atoms with Crippen molar-refractivity contribution in [2.45, 2.75) is 137 Å². The van der Waals surface area contributed by atoms with Gasteiger partial charge < -0.3 is 19.9 Å². The lowest BCUT2D eigenvalue weighted by molar-refractivity contribution is 0.110. The van der Waals surface area contributed by atoms with Crippen molar-refractivity contribution < 1.29 is 13.5 Å². The van der Waals surface area contributed by atoms with Crippen molar-refractivity contribution in [2.75, 3.05) is 75.3 Å². The van der Waals surface area contributed by atoms with Crippen molar-refractivity contribution in [3.8, 4) is 0 Å². The monoisotopic (exact) mass is 568 g/mol. The number of nitrogens with one attached hydrogen (secondary N) is 1. The highest BCUT2D eigenvalue weighted by molar-refractivity contribution is 4.67. The van der Waals surface area contributed by atoms with Gasteiger partial charge in [-0.1, -0.05) is 92.0 Å². The summed E-state index contributed by atoms with van der Waals surface area (Å²) < 4.78 is 25.9. The van der Waals surface area contributed by atoms with Crippen molar-refractivity contribution in [3.63, 3.8) is 0 Å². The number of rotatable bonds is 10. The van der Waals surface area contributed by atoms with Crippen molar-refractivity contribution in [2.24, 2.45) is 5.92 Å². The van der Waals surface area contributed by atoms with Crippen LogP contribution in [0.4, 0.5) is 8.78 Å². The highest BCUT2D eigenvalue weighted by atomic mass is 19.1. The molecule has 0 radical (unpaired) electrons. The average molecular weight is 568 g/mol. The molecule has 0 aromatic rings. The SMILES string of the molecule is C.C.C.C.C.C.CCCC(C)OC.CCCN(C)C.CCCNC.CCN(C)CC.CF.FCC1CCC1. The minimum Gasteiger partial charge on any atom is -0.382 e. The average Bonchev–Trinajstić information content (AvgIpc) is 2.76. The Kier molecular flexibility index (Phi) is 133. The molecule has 0 heterocycles. The highest BCUT2D eigenvalue weighted by Gasteiger charge is 2.15. The maximum Gasteiger partial charge on any atom is 0.0922 e. The quantitative estimate of drug-likeness (QED) is 0.284. The summed E-state index contributed by atoms with van der Waals surface area (Å²) in [6.07, 6.45) is 8.86. The van der Waals surface area contributed by atoms with E-state index in [4.69, 9.17) is 4.74 Å². The lowest BCUT2D eigenvalue weighted by atomic mass is 9.87. The number of alkyl halides is 2. The molecule has 1 N–H and O–H groups in total. The molecule has 1 aliphatic rings. The first-order valence-electron chi connectivity index (χ1n) is 12.7. The number of nitrogens with zero attached hydrogens (tertiary/aromatic N) is 2. The van der Waals surface area contributed by atoms with Crippen LogP contribution in [0.15, 0.2) is 0 Å². The maximum atomic E-state index is 11.4. The van der Waals surface area contributed by atoms with Gasteiger partial charge in [0.2, 0.25) is 0 Å². The Morgan fingerprint density at radius 1 is 0.816 bits per heavy atom. The first kappa shape index (κ1) is 71.2. The fourth-order valence-corrected chi connectivity index (χ4v) is 2.09. The van der Waals surface area contributed by atoms with E-state index in [9.17, 15) is 8.78 Å². The minimum atomic E-state index is -0.0833. The molecule has 0 aromatic carbocycles. The van der Waals surface area contributed by atoms with Gasteiger partial charge in [-0.3, -0.25) is 8.78 Å². The van der Waals surface area contributed by atoms with Crippen LogP contribution in [0, 0.1) is 5.92 Å². The van der Waals surface area contributed by atoms with E-state index in [-0.39, 0.29) is 51.2 Å². The van der Waals surface area contributed by atoms with Gasteiger partial charge in [-0.05, 0) is 99.3 Å². The summed E-state index contributed by atoms with van der Waals surface area (Å²) in [7, 11) is 10.5. The van der Waals surface area contributed by atoms with Crippen LogP contribution < -0.4 is 5.32 Å². The zero-order valence-corrected chi connectivity index (χ0v) is 24.2. The zero-order chi connectivity index (χ0) is 26.2. The third kappa shape index (κ3) is 91.3. The molecule has 0 saturated heterocycles. The van der Waals surface area contributed by atoms with Gasteiger partial charge in [-0.2, -0.15) is 0 Å². The van der Waals surface area contributed by atoms with Gasteiger partial charge >= 0.3 is 0 Å². The van der Waals surface area contributed by atoms with Gasteiger partial charge in [0.15, 0.2) is 0 Å². The van der Waals surface area contributed by atoms with E-state index < -0.39 is 0 Å². The summed E-state index contributed by atoms with van der Waals surface area (Å²) in [5, 5.41) is 3.02. The number of ether oxygens (including phenoxy) is 1. The zero-order valence-electron chi connectivity index (χ0n) is 24.2. The standard InChI is InChI=1S/C6H14O.C5H9F.2C5H13N.C4H11N.CH3F.6CH4/c1-4-5-6(2)7-3;6-4-5-2-1-3-5;1-4-5-6(2)3;1-4-6(3)5-2;1-3-4-5-2;1-2;;;;;;/h6H,4-5H2,1-3H3;5H,1-4H2;2*4-5H2,1-3H3;5H,3-4H2,1-2H3;1H3;6*1H4. The summed E-state index contributed by atoms with van der Waals surface area (Å²) in [4.78, 5) is 4.43. The first-order valence-corrected chi connectivity index (χ1v) is 12.7. The summed E-state index contributed by atoms with van der Waals surface area (Å²) in [6.45, 7) is 17.5. The molecule has 1 atom stereocenters. The lowest BCUT2D eigenvalue weighted by Crippen LogP contribution is -2.15. The van der Waals surface area contributed by atoms with Crippen molar-refractivity contribution in [1.29, 1.82) is 0 Å². The molecular weight excluding hydrogens is 480 g/mol. The number of methoxy groups -OCH3 is 1. The fourth-order valence-electron chi connectivity index (χ4n) is 2.09. The molecular formula is C32H87F2N3O. The molecule has 0 aromatic heterocycles. The molecule has 0 aliphatic heterocycles. The van der Waals surface area contributed by atoms with E-state index in [1.807, 2.05) is 7.05 Å². The molecule has 1 unspecified atom stereocenters. The topological polar surface area (TPSA) is 27.7 Å². The molecule has 1 saturated carbocycles. The molecule has 38 heavy (non-hydrogen) atoms. The Labute approximate surface area is 247 Å². The third-order valence-electron chi connectivity index (χ3n) is 4.79. The Balaban J connectivity index is -0.0000000253. The van der Waals surface area contributed by atoms with Crippen LogP contribution in [0.25, 0.3) is 0 Å². The maximum absolute atomic E-state index is 11.4. The minimum absolute atomic E-state index is 0. The Bertz CT molecular complexity index is 256. The van der Waals surface area contributed by atoms with Crippen molar-refractivity contribution in [1.82, 2.24) is 15.1 Å². The molecule has 1 fully saturated rings. The second-order valence-electron chi connectivity index (χ2n) is 8.18. The fraction of sp³-hybridized carbons (Fsp3) is 1.00. The van der Waals surface area contributed by atoms with Gasteiger partial charge in [0.25, 0.3) is 0 Å². The Hall–Kier alpha value is -0.300. The van der Waals surface area contributed by atoms with E-state index in [0.29, 0.717) is 19.2 Å².